The largest absolute Gasteiger partial charge is 0.399 e. The average Bonchev–Trinajstić information content (AvgIpc) is 3.15. The van der Waals surface area contributed by atoms with Gasteiger partial charge in [0.2, 0.25) is 0 Å². The second kappa shape index (κ2) is 6.39. The van der Waals surface area contributed by atoms with Crippen molar-refractivity contribution in [3.05, 3.63) is 57.3 Å². The van der Waals surface area contributed by atoms with Crippen LogP contribution in [-0.2, 0) is 4.84 Å². The monoisotopic (exact) mass is 335 g/mol. The molecule has 114 valence electrons. The van der Waals surface area contributed by atoms with Crippen LogP contribution in [0.5, 0.6) is 0 Å². The van der Waals surface area contributed by atoms with Crippen molar-refractivity contribution < 1.29 is 9.63 Å². The molecule has 0 saturated heterocycles. The van der Waals surface area contributed by atoms with Gasteiger partial charge in [0.15, 0.2) is 0 Å². The van der Waals surface area contributed by atoms with Crippen LogP contribution in [0.2, 0.25) is 4.34 Å². The van der Waals surface area contributed by atoms with Crippen molar-refractivity contribution >= 4 is 40.2 Å². The summed E-state index contributed by atoms with van der Waals surface area (Å²) in [6.07, 6.45) is 1.69. The second-order valence-electron chi connectivity index (χ2n) is 4.77. The molecule has 2 heterocycles. The van der Waals surface area contributed by atoms with E-state index < -0.39 is 0 Å². The summed E-state index contributed by atoms with van der Waals surface area (Å²) in [4.78, 5) is 17.9. The van der Waals surface area contributed by atoms with Crippen LogP contribution in [0.4, 0.5) is 5.69 Å². The number of thiophene rings is 1. The van der Waals surface area contributed by atoms with E-state index in [-0.39, 0.29) is 12.0 Å². The van der Waals surface area contributed by atoms with E-state index in [0.29, 0.717) is 21.4 Å². The Morgan fingerprint density at radius 2 is 2.09 bits per heavy atom. The van der Waals surface area contributed by atoms with Crippen molar-refractivity contribution in [1.29, 1.82) is 0 Å². The van der Waals surface area contributed by atoms with E-state index in [4.69, 9.17) is 22.2 Å². The van der Waals surface area contributed by atoms with Crippen LogP contribution in [0, 0.1) is 0 Å². The molecule has 1 atom stereocenters. The fourth-order valence-electron chi connectivity index (χ4n) is 2.03. The lowest BCUT2D eigenvalue weighted by Gasteiger charge is -2.08. The van der Waals surface area contributed by atoms with Gasteiger partial charge in [0, 0.05) is 5.69 Å². The molecule has 0 bridgehead atoms. The van der Waals surface area contributed by atoms with E-state index in [1.807, 2.05) is 30.3 Å². The lowest BCUT2D eigenvalue weighted by atomic mass is 10.1. The summed E-state index contributed by atoms with van der Waals surface area (Å²) < 4.78 is 0.592. The van der Waals surface area contributed by atoms with Gasteiger partial charge in [-0.15, -0.1) is 11.3 Å². The molecule has 1 aliphatic rings. The molecule has 4 N–H and O–H groups in total. The lowest BCUT2D eigenvalue weighted by molar-refractivity contribution is 0.0499. The number of halogens is 1. The van der Waals surface area contributed by atoms with Gasteiger partial charge >= 0.3 is 0 Å². The molecule has 3 rings (SSSR count). The molecule has 5 nitrogen and oxygen atoms in total. The standard InChI is InChI=1S/C15H14ClN3O2S/c16-14-6-5-13(22-14)15(20)18-8-11-7-12(19-21-11)9-1-3-10(17)4-2-9/h1-7,11,19H,8,17H2,(H,18,20). The maximum absolute atomic E-state index is 11.9. The van der Waals surface area contributed by atoms with Gasteiger partial charge in [0.25, 0.3) is 5.91 Å². The zero-order valence-corrected chi connectivity index (χ0v) is 13.1. The van der Waals surface area contributed by atoms with E-state index in [2.05, 4.69) is 10.8 Å². The summed E-state index contributed by atoms with van der Waals surface area (Å²) in [5.74, 6) is -0.158. The van der Waals surface area contributed by atoms with Gasteiger partial charge in [-0.1, -0.05) is 23.7 Å². The molecule has 1 aromatic heterocycles. The normalized spacial score (nSPS) is 17.0. The van der Waals surface area contributed by atoms with Crippen LogP contribution in [-0.4, -0.2) is 18.6 Å². The van der Waals surface area contributed by atoms with Crippen LogP contribution >= 0.6 is 22.9 Å². The number of nitrogens with two attached hydrogens (primary N) is 1. The lowest BCUT2D eigenvalue weighted by Crippen LogP contribution is -2.31. The smallest absolute Gasteiger partial charge is 0.261 e. The summed E-state index contributed by atoms with van der Waals surface area (Å²) in [5, 5.41) is 2.82. The summed E-state index contributed by atoms with van der Waals surface area (Å²) in [5.41, 5.74) is 11.1. The molecule has 0 saturated carbocycles. The van der Waals surface area contributed by atoms with Gasteiger partial charge in [-0.3, -0.25) is 15.1 Å². The number of nitrogen functional groups attached to an aromatic ring is 1. The number of benzene rings is 1. The number of carbonyl (C=O) groups excluding carboxylic acids is 1. The maximum Gasteiger partial charge on any atom is 0.261 e. The van der Waals surface area contributed by atoms with E-state index in [1.54, 1.807) is 12.1 Å². The molecule has 1 unspecified atom stereocenters. The van der Waals surface area contributed by atoms with Gasteiger partial charge in [0.1, 0.15) is 6.10 Å². The van der Waals surface area contributed by atoms with Crippen molar-refractivity contribution in [2.75, 3.05) is 12.3 Å². The minimum Gasteiger partial charge on any atom is -0.399 e. The predicted octanol–water partition coefficient (Wildman–Crippen LogP) is 2.66. The molecule has 1 amide bonds. The van der Waals surface area contributed by atoms with Gasteiger partial charge in [0.05, 0.1) is 21.5 Å². The Kier molecular flexibility index (Phi) is 4.33. The Labute approximate surface area is 136 Å². The van der Waals surface area contributed by atoms with Crippen molar-refractivity contribution in [2.24, 2.45) is 0 Å². The SMILES string of the molecule is Nc1ccc(C2=CC(CNC(=O)c3ccc(Cl)s3)ON2)cc1. The predicted molar refractivity (Wildman–Crippen MR) is 88.5 cm³/mol. The third-order valence-corrected chi connectivity index (χ3v) is 4.39. The van der Waals surface area contributed by atoms with E-state index in [9.17, 15) is 4.79 Å². The highest BCUT2D eigenvalue weighted by Crippen LogP contribution is 2.22. The Balaban J connectivity index is 1.58. The fourth-order valence-corrected chi connectivity index (χ4v) is 2.99. The molecule has 1 aromatic carbocycles. The molecule has 1 aliphatic heterocycles. The molecule has 7 heteroatoms. The first kappa shape index (κ1) is 14.9. The zero-order chi connectivity index (χ0) is 15.5. The molecular formula is C15H14ClN3O2S. The molecule has 0 aliphatic carbocycles. The quantitative estimate of drug-likeness (QED) is 0.751. The number of hydrogen-bond acceptors (Lipinski definition) is 5. The van der Waals surface area contributed by atoms with E-state index in [0.717, 1.165) is 11.3 Å². The molecule has 0 fully saturated rings. The Hall–Kier alpha value is -2.02. The zero-order valence-electron chi connectivity index (χ0n) is 11.5. The number of rotatable bonds is 4. The number of hydroxylamine groups is 1. The number of carbonyl (C=O) groups is 1. The Morgan fingerprint density at radius 3 is 2.77 bits per heavy atom. The first-order valence-corrected chi connectivity index (χ1v) is 7.84. The van der Waals surface area contributed by atoms with Crippen molar-refractivity contribution in [3.8, 4) is 0 Å². The van der Waals surface area contributed by atoms with Crippen LogP contribution in [0.25, 0.3) is 5.70 Å². The number of nitrogens with one attached hydrogen (secondary N) is 2. The highest BCUT2D eigenvalue weighted by atomic mass is 35.5. The molecule has 0 spiro atoms. The summed E-state index contributed by atoms with van der Waals surface area (Å²) in [6, 6.07) is 10.9. The summed E-state index contributed by atoms with van der Waals surface area (Å²) in [7, 11) is 0. The fraction of sp³-hybridized carbons (Fsp3) is 0.133. The van der Waals surface area contributed by atoms with Crippen molar-refractivity contribution in [1.82, 2.24) is 10.8 Å². The average molecular weight is 336 g/mol. The minimum atomic E-state index is -0.230. The highest BCUT2D eigenvalue weighted by Gasteiger charge is 2.19. The number of amides is 1. The molecule has 0 radical (unpaired) electrons. The number of anilines is 1. The van der Waals surface area contributed by atoms with Crippen LogP contribution in [0.15, 0.2) is 42.5 Å². The van der Waals surface area contributed by atoms with Gasteiger partial charge in [-0.05, 0) is 35.9 Å². The molecule has 22 heavy (non-hydrogen) atoms. The van der Waals surface area contributed by atoms with Crippen molar-refractivity contribution in [2.45, 2.75) is 6.10 Å². The molecular weight excluding hydrogens is 322 g/mol. The maximum atomic E-state index is 11.9. The molecule has 2 aromatic rings. The van der Waals surface area contributed by atoms with Crippen molar-refractivity contribution in [3.63, 3.8) is 0 Å². The highest BCUT2D eigenvalue weighted by molar-refractivity contribution is 7.17. The summed E-state index contributed by atoms with van der Waals surface area (Å²) in [6.45, 7) is 0.375. The summed E-state index contributed by atoms with van der Waals surface area (Å²) >= 11 is 7.06. The van der Waals surface area contributed by atoms with Gasteiger partial charge < -0.3 is 11.1 Å². The van der Waals surface area contributed by atoms with Gasteiger partial charge in [-0.25, -0.2) is 0 Å². The van der Waals surface area contributed by atoms with E-state index >= 15 is 0 Å². The second-order valence-corrected chi connectivity index (χ2v) is 6.49. The Morgan fingerprint density at radius 1 is 1.32 bits per heavy atom. The minimum absolute atomic E-state index is 0.158. The van der Waals surface area contributed by atoms with Crippen LogP contribution in [0.3, 0.4) is 0 Å². The Bertz CT molecular complexity index is 712. The van der Waals surface area contributed by atoms with Gasteiger partial charge in [-0.2, -0.15) is 0 Å². The third-order valence-electron chi connectivity index (χ3n) is 3.16. The third kappa shape index (κ3) is 3.41. The first-order valence-electron chi connectivity index (χ1n) is 6.65. The van der Waals surface area contributed by atoms with Crippen LogP contribution in [0.1, 0.15) is 15.2 Å². The topological polar surface area (TPSA) is 76.4 Å². The van der Waals surface area contributed by atoms with E-state index in [1.165, 1.54) is 11.3 Å². The number of hydrogen-bond donors (Lipinski definition) is 3. The first-order chi connectivity index (χ1) is 10.6. The van der Waals surface area contributed by atoms with Crippen LogP contribution < -0.4 is 16.5 Å².